The molecule has 0 bridgehead atoms. The van der Waals surface area contributed by atoms with Crippen molar-refractivity contribution < 1.29 is 18.3 Å². The minimum absolute atomic E-state index is 0.125. The minimum Gasteiger partial charge on any atom is -0.394 e. The van der Waals surface area contributed by atoms with Gasteiger partial charge in [-0.1, -0.05) is 6.07 Å². The van der Waals surface area contributed by atoms with Gasteiger partial charge in [-0.25, -0.2) is 8.42 Å². The molecule has 0 radical (unpaired) electrons. The Hall–Kier alpha value is -1.27. The average molecular weight is 445 g/mol. The van der Waals surface area contributed by atoms with Gasteiger partial charge < -0.3 is 10.4 Å². The second-order valence-corrected chi connectivity index (χ2v) is 10.2. The van der Waals surface area contributed by atoms with Gasteiger partial charge in [0.1, 0.15) is 15.9 Å². The van der Waals surface area contributed by atoms with Crippen LogP contribution < -0.4 is 5.32 Å². The molecular weight excluding hydrogens is 420 g/mol. The van der Waals surface area contributed by atoms with E-state index in [0.29, 0.717) is 36.8 Å². The summed E-state index contributed by atoms with van der Waals surface area (Å²) in [6.07, 6.45) is 3.88. The molecule has 1 aromatic carbocycles. The molecule has 8 nitrogen and oxygen atoms in total. The molecule has 2 N–H and O–H groups in total. The molecular formula is C17H24N4O4S3. The number of amides is 1. The highest BCUT2D eigenvalue weighted by atomic mass is 32.2. The largest absolute Gasteiger partial charge is 0.394 e. The van der Waals surface area contributed by atoms with Crippen molar-refractivity contribution in [2.75, 3.05) is 31.7 Å². The number of carbonyl (C=O) groups excluding carboxylic acids is 1. The molecule has 1 fully saturated rings. The number of nitrogens with one attached hydrogen (secondary N) is 1. The summed E-state index contributed by atoms with van der Waals surface area (Å²) in [7, 11) is -3.77. The van der Waals surface area contributed by atoms with Crippen molar-refractivity contribution in [3.05, 3.63) is 18.2 Å². The van der Waals surface area contributed by atoms with Crippen molar-refractivity contribution in [2.45, 2.75) is 30.2 Å². The first kappa shape index (κ1) is 21.4. The van der Waals surface area contributed by atoms with E-state index in [2.05, 4.69) is 14.1 Å². The van der Waals surface area contributed by atoms with Crippen molar-refractivity contribution in [1.29, 1.82) is 0 Å². The van der Waals surface area contributed by atoms with E-state index in [0.717, 1.165) is 17.5 Å². The number of aliphatic hydroxyl groups is 1. The van der Waals surface area contributed by atoms with E-state index < -0.39 is 15.9 Å². The molecule has 154 valence electrons. The molecule has 1 amide bonds. The fourth-order valence-electron chi connectivity index (χ4n) is 3.29. The van der Waals surface area contributed by atoms with Gasteiger partial charge in [0.25, 0.3) is 0 Å². The van der Waals surface area contributed by atoms with E-state index in [9.17, 15) is 18.3 Å². The average Bonchev–Trinajstić information content (AvgIpc) is 3.19. The molecule has 2 aromatic rings. The molecule has 1 aliphatic rings. The smallest absolute Gasteiger partial charge is 0.245 e. The number of thioether (sulfide) groups is 1. The van der Waals surface area contributed by atoms with Crippen LogP contribution in [-0.2, 0) is 14.8 Å². The summed E-state index contributed by atoms with van der Waals surface area (Å²) >= 11 is 2.63. The summed E-state index contributed by atoms with van der Waals surface area (Å²) in [5.74, 6) is 0.204. The first-order valence-electron chi connectivity index (χ1n) is 9.09. The maximum absolute atomic E-state index is 13.2. The predicted octanol–water partition coefficient (Wildman–Crippen LogP) is 1.32. The van der Waals surface area contributed by atoms with E-state index in [-0.39, 0.29) is 30.0 Å². The number of hydrogen-bond acceptors (Lipinski definition) is 8. The number of piperidine rings is 1. The molecule has 1 aromatic heterocycles. The van der Waals surface area contributed by atoms with Crippen molar-refractivity contribution in [1.82, 2.24) is 18.4 Å². The quantitative estimate of drug-likeness (QED) is 0.631. The fourth-order valence-corrected chi connectivity index (χ4v) is 6.09. The van der Waals surface area contributed by atoms with Gasteiger partial charge in [0, 0.05) is 13.1 Å². The lowest BCUT2D eigenvalue weighted by atomic mass is 9.98. The van der Waals surface area contributed by atoms with Crippen LogP contribution in [0.4, 0.5) is 0 Å². The van der Waals surface area contributed by atoms with Crippen LogP contribution >= 0.6 is 23.5 Å². The molecule has 0 unspecified atom stereocenters. The predicted molar refractivity (Wildman–Crippen MR) is 111 cm³/mol. The zero-order valence-electron chi connectivity index (χ0n) is 15.6. The first-order chi connectivity index (χ1) is 13.5. The molecule has 28 heavy (non-hydrogen) atoms. The van der Waals surface area contributed by atoms with Crippen LogP contribution in [0.3, 0.4) is 0 Å². The van der Waals surface area contributed by atoms with Crippen LogP contribution in [0.15, 0.2) is 23.1 Å². The third-order valence-corrected chi connectivity index (χ3v) is 7.94. The van der Waals surface area contributed by atoms with E-state index in [4.69, 9.17) is 0 Å². The maximum Gasteiger partial charge on any atom is 0.245 e. The van der Waals surface area contributed by atoms with E-state index in [1.807, 2.05) is 6.26 Å². The van der Waals surface area contributed by atoms with Gasteiger partial charge in [-0.3, -0.25) is 4.79 Å². The minimum atomic E-state index is -3.77. The summed E-state index contributed by atoms with van der Waals surface area (Å²) in [6.45, 7) is 0.374. The van der Waals surface area contributed by atoms with Gasteiger partial charge in [0.15, 0.2) is 0 Å². The standard InChI is InChI=1S/C17H24N4O4S3/c1-26-9-7-13(11-22)18-17(23)12-4-3-8-21(10-12)28(24,25)15-6-2-5-14-16(15)20-27-19-14/h2,5-6,12-13,22H,3-4,7-11H2,1H3,(H,18,23)/t12-,13+/m1/s1. The van der Waals surface area contributed by atoms with Crippen molar-refractivity contribution in [2.24, 2.45) is 5.92 Å². The monoisotopic (exact) mass is 444 g/mol. The molecule has 0 saturated carbocycles. The van der Waals surface area contributed by atoms with E-state index >= 15 is 0 Å². The normalized spacial score (nSPS) is 19.6. The van der Waals surface area contributed by atoms with Crippen LogP contribution in [-0.4, -0.2) is 70.2 Å². The van der Waals surface area contributed by atoms with Crippen LogP contribution in [0.5, 0.6) is 0 Å². The topological polar surface area (TPSA) is 112 Å². The summed E-state index contributed by atoms with van der Waals surface area (Å²) < 4.78 is 36.0. The van der Waals surface area contributed by atoms with E-state index in [1.165, 1.54) is 10.4 Å². The van der Waals surface area contributed by atoms with E-state index in [1.54, 1.807) is 23.9 Å². The van der Waals surface area contributed by atoms with Gasteiger partial charge in [0.2, 0.25) is 15.9 Å². The Balaban J connectivity index is 1.73. The third-order valence-electron chi connectivity index (χ3n) is 4.86. The molecule has 0 aliphatic carbocycles. The number of benzene rings is 1. The molecule has 2 atom stereocenters. The Morgan fingerprint density at radius 1 is 1.46 bits per heavy atom. The zero-order valence-corrected chi connectivity index (χ0v) is 18.0. The van der Waals surface area contributed by atoms with Crippen LogP contribution in [0.1, 0.15) is 19.3 Å². The molecule has 0 spiro atoms. The molecule has 3 rings (SSSR count). The summed E-state index contributed by atoms with van der Waals surface area (Å²) in [5, 5.41) is 12.3. The van der Waals surface area contributed by atoms with Gasteiger partial charge in [-0.05, 0) is 43.4 Å². The lowest BCUT2D eigenvalue weighted by molar-refractivity contribution is -0.127. The number of carbonyl (C=O) groups is 1. The summed E-state index contributed by atoms with van der Waals surface area (Å²) in [5.41, 5.74) is 0.924. The Morgan fingerprint density at radius 3 is 3.04 bits per heavy atom. The SMILES string of the molecule is CSCC[C@@H](CO)NC(=O)[C@@H]1CCCN(S(=O)(=O)c2cccc3nsnc23)C1. The Labute approximate surface area is 173 Å². The third kappa shape index (κ3) is 4.65. The molecule has 1 aliphatic heterocycles. The Morgan fingerprint density at radius 2 is 2.29 bits per heavy atom. The number of aromatic nitrogens is 2. The number of fused-ring (bicyclic) bond motifs is 1. The molecule has 2 heterocycles. The molecule has 1 saturated heterocycles. The second kappa shape index (κ2) is 9.49. The summed E-state index contributed by atoms with van der Waals surface area (Å²) in [4.78, 5) is 12.8. The zero-order chi connectivity index (χ0) is 20.1. The number of hydrogen-bond donors (Lipinski definition) is 2. The Bertz CT molecular complexity index is 918. The van der Waals surface area contributed by atoms with Crippen molar-refractivity contribution in [3.63, 3.8) is 0 Å². The number of sulfonamides is 1. The fraction of sp³-hybridized carbons (Fsp3) is 0.588. The first-order valence-corrected chi connectivity index (χ1v) is 12.7. The maximum atomic E-state index is 13.2. The van der Waals surface area contributed by atoms with Gasteiger partial charge in [-0.15, -0.1) is 0 Å². The highest BCUT2D eigenvalue weighted by molar-refractivity contribution is 7.98. The van der Waals surface area contributed by atoms with Gasteiger partial charge in [0.05, 0.1) is 30.3 Å². The molecule has 11 heteroatoms. The van der Waals surface area contributed by atoms with Gasteiger partial charge in [-0.2, -0.15) is 24.8 Å². The second-order valence-electron chi connectivity index (χ2n) is 6.76. The van der Waals surface area contributed by atoms with Crippen LogP contribution in [0, 0.1) is 5.92 Å². The van der Waals surface area contributed by atoms with Crippen molar-refractivity contribution in [3.8, 4) is 0 Å². The number of rotatable bonds is 8. The Kier molecular flexibility index (Phi) is 7.26. The number of nitrogens with zero attached hydrogens (tertiary/aromatic N) is 3. The van der Waals surface area contributed by atoms with Crippen LogP contribution in [0.2, 0.25) is 0 Å². The van der Waals surface area contributed by atoms with Crippen molar-refractivity contribution >= 4 is 50.5 Å². The highest BCUT2D eigenvalue weighted by Gasteiger charge is 2.35. The lowest BCUT2D eigenvalue weighted by Gasteiger charge is -2.32. The lowest BCUT2D eigenvalue weighted by Crippen LogP contribution is -2.48. The number of aliphatic hydroxyl groups excluding tert-OH is 1. The summed E-state index contributed by atoms with van der Waals surface area (Å²) in [6, 6.07) is 4.62. The van der Waals surface area contributed by atoms with Gasteiger partial charge >= 0.3 is 0 Å². The van der Waals surface area contributed by atoms with Crippen LogP contribution in [0.25, 0.3) is 11.0 Å². The highest BCUT2D eigenvalue weighted by Crippen LogP contribution is 2.28.